The fraction of sp³-hybridized carbons (Fsp3) is 0.346. The molecular formula is C26H27N5O. The maximum absolute atomic E-state index is 11.3. The molecule has 6 nitrogen and oxygen atoms in total. The maximum atomic E-state index is 11.3. The molecule has 0 radical (unpaired) electrons. The van der Waals surface area contributed by atoms with E-state index in [0.717, 1.165) is 42.8 Å². The van der Waals surface area contributed by atoms with Crippen LogP contribution in [0.3, 0.4) is 0 Å². The number of aromatic nitrogens is 3. The van der Waals surface area contributed by atoms with E-state index in [0.29, 0.717) is 24.5 Å². The number of hydrogen-bond donors (Lipinski definition) is 2. The summed E-state index contributed by atoms with van der Waals surface area (Å²) in [5.74, 6) is 7.43. The van der Waals surface area contributed by atoms with Gasteiger partial charge in [0, 0.05) is 43.9 Å². The second-order valence-corrected chi connectivity index (χ2v) is 8.62. The first-order chi connectivity index (χ1) is 15.6. The Morgan fingerprint density at radius 1 is 1.19 bits per heavy atom. The topological polar surface area (TPSA) is 74.2 Å². The van der Waals surface area contributed by atoms with Crippen LogP contribution in [0.4, 0.5) is 5.82 Å². The number of benzene rings is 1. The zero-order valence-electron chi connectivity index (χ0n) is 18.3. The summed E-state index contributed by atoms with van der Waals surface area (Å²) in [5.41, 5.74) is 3.56. The minimum absolute atomic E-state index is 0.236. The summed E-state index contributed by atoms with van der Waals surface area (Å²) in [6.07, 6.45) is 7.79. The number of fused-ring (bicyclic) bond motifs is 3. The summed E-state index contributed by atoms with van der Waals surface area (Å²) < 4.78 is 0. The molecule has 3 fully saturated rings. The molecule has 0 aliphatic carbocycles. The van der Waals surface area contributed by atoms with Crippen LogP contribution in [0, 0.1) is 17.8 Å². The van der Waals surface area contributed by atoms with E-state index >= 15 is 0 Å². The second-order valence-electron chi connectivity index (χ2n) is 8.62. The number of anilines is 1. The van der Waals surface area contributed by atoms with Gasteiger partial charge in [0.05, 0.1) is 11.9 Å². The van der Waals surface area contributed by atoms with Crippen LogP contribution in [0.2, 0.25) is 0 Å². The first kappa shape index (κ1) is 20.6. The Hall–Kier alpha value is -3.27. The highest BCUT2D eigenvalue weighted by Gasteiger charge is 2.44. The van der Waals surface area contributed by atoms with Crippen molar-refractivity contribution in [1.29, 1.82) is 0 Å². The number of rotatable bonds is 4. The van der Waals surface area contributed by atoms with E-state index in [9.17, 15) is 5.11 Å². The molecule has 5 heterocycles. The van der Waals surface area contributed by atoms with Gasteiger partial charge in [-0.1, -0.05) is 36.3 Å². The monoisotopic (exact) mass is 425 g/mol. The molecule has 6 rings (SSSR count). The molecule has 2 N–H and O–H groups in total. The molecule has 162 valence electrons. The second kappa shape index (κ2) is 8.70. The van der Waals surface area contributed by atoms with Crippen LogP contribution in [-0.4, -0.2) is 57.2 Å². The van der Waals surface area contributed by atoms with Crippen molar-refractivity contribution in [3.63, 3.8) is 0 Å². The standard InChI is InChI=1S/C26H27N5O/c1-27-25-22(24-17-28-11-12-29-24)16-20(15-19-5-3-2-4-6-19)23(30-25)7-10-26(32)18-31-13-8-21(26)9-14-31/h2-6,11-12,16-17,21,32H,8-9,13-15,18H2,1H3,(H,27,30). The third kappa shape index (κ3) is 4.10. The first-order valence-corrected chi connectivity index (χ1v) is 11.1. The van der Waals surface area contributed by atoms with E-state index in [2.05, 4.69) is 50.2 Å². The van der Waals surface area contributed by atoms with Crippen molar-refractivity contribution in [2.75, 3.05) is 32.0 Å². The number of aliphatic hydroxyl groups is 1. The summed E-state index contributed by atoms with van der Waals surface area (Å²) in [6.45, 7) is 2.74. The number of nitrogens with zero attached hydrogens (tertiary/aromatic N) is 4. The number of piperidine rings is 3. The fourth-order valence-electron chi connectivity index (χ4n) is 4.79. The van der Waals surface area contributed by atoms with Gasteiger partial charge >= 0.3 is 0 Å². The van der Waals surface area contributed by atoms with Gasteiger partial charge < -0.3 is 10.4 Å². The quantitative estimate of drug-likeness (QED) is 0.626. The number of pyridine rings is 1. The Morgan fingerprint density at radius 3 is 2.66 bits per heavy atom. The Labute approximate surface area is 188 Å². The number of hydrogen-bond acceptors (Lipinski definition) is 6. The lowest BCUT2D eigenvalue weighted by molar-refractivity contribution is -0.0713. The van der Waals surface area contributed by atoms with E-state index in [4.69, 9.17) is 4.98 Å². The van der Waals surface area contributed by atoms with Crippen molar-refractivity contribution in [3.8, 4) is 23.1 Å². The van der Waals surface area contributed by atoms with Gasteiger partial charge in [-0.25, -0.2) is 4.98 Å². The van der Waals surface area contributed by atoms with Gasteiger partial charge in [-0.15, -0.1) is 0 Å². The van der Waals surface area contributed by atoms with Crippen molar-refractivity contribution < 1.29 is 5.11 Å². The zero-order valence-corrected chi connectivity index (χ0v) is 18.3. The predicted molar refractivity (Wildman–Crippen MR) is 125 cm³/mol. The lowest BCUT2D eigenvalue weighted by Crippen LogP contribution is -2.58. The van der Waals surface area contributed by atoms with Gasteiger partial charge in [0.15, 0.2) is 0 Å². The van der Waals surface area contributed by atoms with Crippen molar-refractivity contribution in [2.24, 2.45) is 5.92 Å². The molecule has 32 heavy (non-hydrogen) atoms. The molecule has 2 aromatic heterocycles. The Bertz CT molecular complexity index is 1150. The molecule has 1 unspecified atom stereocenters. The lowest BCUT2D eigenvalue weighted by atomic mass is 9.76. The largest absolute Gasteiger partial charge is 0.376 e. The molecule has 3 saturated heterocycles. The van der Waals surface area contributed by atoms with Crippen LogP contribution in [0.1, 0.15) is 29.7 Å². The van der Waals surface area contributed by atoms with Crippen molar-refractivity contribution in [3.05, 3.63) is 71.8 Å². The summed E-state index contributed by atoms with van der Waals surface area (Å²) in [6, 6.07) is 12.4. The fourth-order valence-corrected chi connectivity index (χ4v) is 4.79. The third-order valence-electron chi connectivity index (χ3n) is 6.54. The van der Waals surface area contributed by atoms with Gasteiger partial charge in [0.2, 0.25) is 0 Å². The zero-order chi connectivity index (χ0) is 22.0. The predicted octanol–water partition coefficient (Wildman–Crippen LogP) is 2.98. The van der Waals surface area contributed by atoms with E-state index in [-0.39, 0.29) is 5.92 Å². The van der Waals surface area contributed by atoms with Gasteiger partial charge in [-0.05, 0) is 49.0 Å². The van der Waals surface area contributed by atoms with Crippen molar-refractivity contribution >= 4 is 5.82 Å². The van der Waals surface area contributed by atoms with Crippen LogP contribution in [-0.2, 0) is 6.42 Å². The molecule has 6 heteroatoms. The first-order valence-electron chi connectivity index (χ1n) is 11.1. The Kier molecular flexibility index (Phi) is 5.60. The van der Waals surface area contributed by atoms with E-state index in [1.807, 2.05) is 25.2 Å². The van der Waals surface area contributed by atoms with E-state index in [1.54, 1.807) is 18.6 Å². The smallest absolute Gasteiger partial charge is 0.141 e. The van der Waals surface area contributed by atoms with Gasteiger partial charge in [0.1, 0.15) is 17.1 Å². The summed E-state index contributed by atoms with van der Waals surface area (Å²) in [7, 11) is 1.84. The normalized spacial score (nSPS) is 23.9. The van der Waals surface area contributed by atoms with E-state index in [1.165, 1.54) is 5.56 Å². The van der Waals surface area contributed by atoms with Crippen LogP contribution in [0.5, 0.6) is 0 Å². The molecule has 3 aromatic rings. The molecular weight excluding hydrogens is 398 g/mol. The minimum Gasteiger partial charge on any atom is -0.376 e. The average Bonchev–Trinajstić information content (AvgIpc) is 2.85. The summed E-state index contributed by atoms with van der Waals surface area (Å²) >= 11 is 0. The number of nitrogens with one attached hydrogen (secondary N) is 1. The highest BCUT2D eigenvalue weighted by molar-refractivity contribution is 5.74. The van der Waals surface area contributed by atoms with Crippen LogP contribution in [0.25, 0.3) is 11.3 Å². The average molecular weight is 426 g/mol. The summed E-state index contributed by atoms with van der Waals surface area (Å²) in [4.78, 5) is 15.9. The molecule has 0 saturated carbocycles. The lowest BCUT2D eigenvalue weighted by Gasteiger charge is -2.47. The molecule has 1 atom stereocenters. The highest BCUT2D eigenvalue weighted by Crippen LogP contribution is 2.35. The molecule has 3 aliphatic rings. The van der Waals surface area contributed by atoms with Gasteiger partial charge in [-0.2, -0.15) is 0 Å². The minimum atomic E-state index is -0.967. The molecule has 2 bridgehead atoms. The van der Waals surface area contributed by atoms with Crippen LogP contribution < -0.4 is 5.32 Å². The van der Waals surface area contributed by atoms with E-state index < -0.39 is 5.60 Å². The summed E-state index contributed by atoms with van der Waals surface area (Å²) in [5, 5.41) is 14.5. The molecule has 0 spiro atoms. The molecule has 3 aliphatic heterocycles. The third-order valence-corrected chi connectivity index (χ3v) is 6.54. The Morgan fingerprint density at radius 2 is 2.00 bits per heavy atom. The van der Waals surface area contributed by atoms with Crippen LogP contribution >= 0.6 is 0 Å². The SMILES string of the molecule is CNc1nc(C#CC2(O)CN3CCC2CC3)c(Cc2ccccc2)cc1-c1cnccn1. The van der Waals surface area contributed by atoms with Gasteiger partial charge in [-0.3, -0.25) is 14.9 Å². The maximum Gasteiger partial charge on any atom is 0.141 e. The van der Waals surface area contributed by atoms with Gasteiger partial charge in [0.25, 0.3) is 0 Å². The molecule has 1 aromatic carbocycles. The highest BCUT2D eigenvalue weighted by atomic mass is 16.3. The van der Waals surface area contributed by atoms with Crippen molar-refractivity contribution in [2.45, 2.75) is 24.9 Å². The Balaban J connectivity index is 1.58. The van der Waals surface area contributed by atoms with Crippen molar-refractivity contribution in [1.82, 2.24) is 19.9 Å². The molecule has 0 amide bonds. The van der Waals surface area contributed by atoms with Crippen LogP contribution in [0.15, 0.2) is 55.0 Å².